The van der Waals surface area contributed by atoms with Gasteiger partial charge >= 0.3 is 0 Å². The molecule has 0 radical (unpaired) electrons. The summed E-state index contributed by atoms with van der Waals surface area (Å²) >= 11 is 0. The minimum absolute atomic E-state index is 0.0944. The quantitative estimate of drug-likeness (QED) is 0.743. The Morgan fingerprint density at radius 2 is 1.56 bits per heavy atom. The van der Waals surface area contributed by atoms with Crippen LogP contribution in [0.3, 0.4) is 0 Å². The van der Waals surface area contributed by atoms with Gasteiger partial charge in [-0.15, -0.1) is 10.2 Å². The number of nitrogens with one attached hydrogen (secondary N) is 2. The minimum atomic E-state index is -0.402. The highest BCUT2D eigenvalue weighted by Gasteiger charge is 2.07. The molecule has 0 bridgehead atoms. The zero-order chi connectivity index (χ0) is 17.6. The summed E-state index contributed by atoms with van der Waals surface area (Å²) in [4.78, 5) is 11.9. The van der Waals surface area contributed by atoms with Crippen LogP contribution >= 0.6 is 0 Å². The smallest absolute Gasteiger partial charge is 0.229 e. The molecule has 1 aromatic heterocycles. The SMILES string of the molecule is O=C(Cc1ccc(F)cc1)Nc1ccc(Nc2ccccc2F)nn1. The largest absolute Gasteiger partial charge is 0.336 e. The molecule has 126 valence electrons. The number of benzene rings is 2. The summed E-state index contributed by atoms with van der Waals surface area (Å²) in [5.74, 6) is -0.433. The Kier molecular flexibility index (Phi) is 4.94. The monoisotopic (exact) mass is 340 g/mol. The van der Waals surface area contributed by atoms with Crippen molar-refractivity contribution in [2.24, 2.45) is 0 Å². The molecule has 0 saturated heterocycles. The van der Waals surface area contributed by atoms with Crippen LogP contribution in [0.5, 0.6) is 0 Å². The standard InChI is InChI=1S/C18H14F2N4O/c19-13-7-5-12(6-8-13)11-18(25)22-17-10-9-16(23-24-17)21-15-4-2-1-3-14(15)20/h1-10H,11H2,(H,21,23)(H,22,24,25). The van der Waals surface area contributed by atoms with Gasteiger partial charge in [0.25, 0.3) is 0 Å². The summed E-state index contributed by atoms with van der Waals surface area (Å²) < 4.78 is 26.4. The second-order valence-corrected chi connectivity index (χ2v) is 5.26. The fourth-order valence-corrected chi connectivity index (χ4v) is 2.14. The summed E-state index contributed by atoms with van der Waals surface area (Å²) in [5, 5.41) is 13.2. The molecule has 0 atom stereocenters. The van der Waals surface area contributed by atoms with Crippen LogP contribution in [0.1, 0.15) is 5.56 Å². The van der Waals surface area contributed by atoms with Gasteiger partial charge in [0, 0.05) is 0 Å². The summed E-state index contributed by atoms with van der Waals surface area (Å²) in [6.07, 6.45) is 0.0944. The molecule has 2 aromatic carbocycles. The van der Waals surface area contributed by atoms with Gasteiger partial charge in [-0.05, 0) is 42.0 Å². The predicted octanol–water partition coefficient (Wildman–Crippen LogP) is 3.68. The van der Waals surface area contributed by atoms with Crippen molar-refractivity contribution < 1.29 is 13.6 Å². The normalized spacial score (nSPS) is 10.3. The van der Waals surface area contributed by atoms with Crippen molar-refractivity contribution in [3.05, 3.63) is 77.9 Å². The lowest BCUT2D eigenvalue weighted by atomic mass is 10.1. The molecule has 0 aliphatic carbocycles. The minimum Gasteiger partial charge on any atom is -0.336 e. The van der Waals surface area contributed by atoms with Crippen LogP contribution in [0.25, 0.3) is 0 Å². The molecule has 0 fully saturated rings. The fraction of sp³-hybridized carbons (Fsp3) is 0.0556. The van der Waals surface area contributed by atoms with Crippen LogP contribution in [-0.4, -0.2) is 16.1 Å². The number of hydrogen-bond donors (Lipinski definition) is 2. The second kappa shape index (κ2) is 7.48. The van der Waals surface area contributed by atoms with E-state index in [0.717, 1.165) is 0 Å². The first-order valence-corrected chi connectivity index (χ1v) is 7.50. The molecule has 0 unspecified atom stereocenters. The van der Waals surface area contributed by atoms with Crippen molar-refractivity contribution in [1.29, 1.82) is 0 Å². The van der Waals surface area contributed by atoms with Gasteiger partial charge in [-0.3, -0.25) is 4.79 Å². The maximum atomic E-state index is 13.6. The molecule has 0 saturated carbocycles. The van der Waals surface area contributed by atoms with Crippen molar-refractivity contribution >= 4 is 23.2 Å². The van der Waals surface area contributed by atoms with E-state index in [1.54, 1.807) is 42.5 Å². The van der Waals surface area contributed by atoms with E-state index < -0.39 is 5.82 Å². The van der Waals surface area contributed by atoms with Gasteiger partial charge in [0.15, 0.2) is 11.6 Å². The number of hydrogen-bond acceptors (Lipinski definition) is 4. The first-order valence-electron chi connectivity index (χ1n) is 7.50. The maximum Gasteiger partial charge on any atom is 0.229 e. The fourth-order valence-electron chi connectivity index (χ4n) is 2.14. The molecule has 2 N–H and O–H groups in total. The summed E-state index contributed by atoms with van der Waals surface area (Å²) in [5.41, 5.74) is 0.967. The van der Waals surface area contributed by atoms with Crippen LogP contribution in [-0.2, 0) is 11.2 Å². The van der Waals surface area contributed by atoms with Crippen molar-refractivity contribution in [3.63, 3.8) is 0 Å². The number of anilines is 3. The highest BCUT2D eigenvalue weighted by molar-refractivity contribution is 5.91. The Bertz CT molecular complexity index is 867. The van der Waals surface area contributed by atoms with Crippen LogP contribution < -0.4 is 10.6 Å². The Hall–Kier alpha value is -3.35. The number of carbonyl (C=O) groups is 1. The third kappa shape index (κ3) is 4.57. The first kappa shape index (κ1) is 16.5. The number of halogens is 2. The third-order valence-electron chi connectivity index (χ3n) is 3.35. The molecule has 5 nitrogen and oxygen atoms in total. The number of aromatic nitrogens is 2. The summed E-state index contributed by atoms with van der Waals surface area (Å²) in [7, 11) is 0. The van der Waals surface area contributed by atoms with E-state index in [1.807, 2.05) is 0 Å². The lowest BCUT2D eigenvalue weighted by molar-refractivity contribution is -0.115. The number of nitrogens with zero attached hydrogens (tertiary/aromatic N) is 2. The van der Waals surface area contributed by atoms with E-state index in [1.165, 1.54) is 18.2 Å². The number of amides is 1. The van der Waals surface area contributed by atoms with Gasteiger partial charge in [0.2, 0.25) is 5.91 Å². The van der Waals surface area contributed by atoms with Gasteiger partial charge in [0.05, 0.1) is 12.1 Å². The molecule has 0 aliphatic heterocycles. The molecule has 25 heavy (non-hydrogen) atoms. The molecule has 3 rings (SSSR count). The highest BCUT2D eigenvalue weighted by Crippen LogP contribution is 2.18. The van der Waals surface area contributed by atoms with Crippen molar-refractivity contribution in [2.45, 2.75) is 6.42 Å². The van der Waals surface area contributed by atoms with Gasteiger partial charge < -0.3 is 10.6 Å². The van der Waals surface area contributed by atoms with Gasteiger partial charge in [-0.1, -0.05) is 24.3 Å². The molecule has 7 heteroatoms. The molecule has 1 heterocycles. The molecule has 0 spiro atoms. The summed E-state index contributed by atoms with van der Waals surface area (Å²) in [6, 6.07) is 15.0. The van der Waals surface area contributed by atoms with E-state index in [0.29, 0.717) is 11.4 Å². The average Bonchev–Trinajstić information content (AvgIpc) is 2.61. The molecular weight excluding hydrogens is 326 g/mol. The first-order chi connectivity index (χ1) is 12.1. The lowest BCUT2D eigenvalue weighted by Gasteiger charge is -2.07. The molecule has 0 aliphatic rings. The van der Waals surface area contributed by atoms with Crippen LogP contribution in [0, 0.1) is 11.6 Å². The highest BCUT2D eigenvalue weighted by atomic mass is 19.1. The Morgan fingerprint density at radius 1 is 0.880 bits per heavy atom. The average molecular weight is 340 g/mol. The number of carbonyl (C=O) groups excluding carboxylic acids is 1. The Morgan fingerprint density at radius 3 is 2.24 bits per heavy atom. The molecule has 1 amide bonds. The third-order valence-corrected chi connectivity index (χ3v) is 3.35. The number of para-hydroxylation sites is 1. The van der Waals surface area contributed by atoms with E-state index in [-0.39, 0.29) is 29.7 Å². The summed E-state index contributed by atoms with van der Waals surface area (Å²) in [6.45, 7) is 0. The molecular formula is C18H14F2N4O. The zero-order valence-corrected chi connectivity index (χ0v) is 13.0. The van der Waals surface area contributed by atoms with Gasteiger partial charge in [0.1, 0.15) is 11.6 Å². The van der Waals surface area contributed by atoms with Crippen LogP contribution in [0.2, 0.25) is 0 Å². The van der Waals surface area contributed by atoms with E-state index in [4.69, 9.17) is 0 Å². The lowest BCUT2D eigenvalue weighted by Crippen LogP contribution is -2.15. The van der Waals surface area contributed by atoms with Gasteiger partial charge in [-0.25, -0.2) is 8.78 Å². The predicted molar refractivity (Wildman–Crippen MR) is 90.4 cm³/mol. The van der Waals surface area contributed by atoms with Crippen molar-refractivity contribution in [2.75, 3.05) is 10.6 Å². The van der Waals surface area contributed by atoms with Crippen LogP contribution in [0.4, 0.5) is 26.1 Å². The second-order valence-electron chi connectivity index (χ2n) is 5.26. The van der Waals surface area contributed by atoms with Crippen molar-refractivity contribution in [3.8, 4) is 0 Å². The van der Waals surface area contributed by atoms with Crippen LogP contribution in [0.15, 0.2) is 60.7 Å². The maximum absolute atomic E-state index is 13.6. The van der Waals surface area contributed by atoms with E-state index in [2.05, 4.69) is 20.8 Å². The van der Waals surface area contributed by atoms with E-state index >= 15 is 0 Å². The Balaban J connectivity index is 1.59. The van der Waals surface area contributed by atoms with E-state index in [9.17, 15) is 13.6 Å². The van der Waals surface area contributed by atoms with Crippen molar-refractivity contribution in [1.82, 2.24) is 10.2 Å². The topological polar surface area (TPSA) is 66.9 Å². The van der Waals surface area contributed by atoms with Gasteiger partial charge in [-0.2, -0.15) is 0 Å². The number of rotatable bonds is 5. The molecule has 3 aromatic rings. The Labute approximate surface area is 142 Å². The zero-order valence-electron chi connectivity index (χ0n) is 13.0.